The van der Waals surface area contributed by atoms with Crippen LogP contribution in [0.25, 0.3) is 11.3 Å². The number of anilines is 2. The van der Waals surface area contributed by atoms with E-state index in [1.54, 1.807) is 0 Å². The van der Waals surface area contributed by atoms with E-state index in [2.05, 4.69) is 46.2 Å². The average molecular weight is 336 g/mol. The molecule has 2 fully saturated rings. The fourth-order valence-electron chi connectivity index (χ4n) is 3.88. The molecule has 4 heteroatoms. The third-order valence-electron chi connectivity index (χ3n) is 5.34. The lowest BCUT2D eigenvalue weighted by Crippen LogP contribution is -2.32. The molecule has 0 unspecified atom stereocenters. The zero-order valence-corrected chi connectivity index (χ0v) is 15.0. The van der Waals surface area contributed by atoms with Gasteiger partial charge in [0.2, 0.25) is 5.95 Å². The average Bonchev–Trinajstić information content (AvgIpc) is 2.99. The highest BCUT2D eigenvalue weighted by Gasteiger charge is 2.19. The van der Waals surface area contributed by atoms with E-state index in [4.69, 9.17) is 9.97 Å². The van der Waals surface area contributed by atoms with E-state index in [1.807, 2.05) is 0 Å². The number of benzene rings is 1. The largest absolute Gasteiger partial charge is 0.356 e. The normalized spacial score (nSPS) is 18.9. The molecule has 0 bridgehead atoms. The van der Waals surface area contributed by atoms with Crippen LogP contribution in [0.4, 0.5) is 11.8 Å². The molecule has 1 aromatic heterocycles. The van der Waals surface area contributed by atoms with E-state index in [-0.39, 0.29) is 0 Å². The molecule has 132 valence electrons. The third-order valence-corrected chi connectivity index (χ3v) is 5.34. The van der Waals surface area contributed by atoms with Crippen LogP contribution in [0.15, 0.2) is 36.4 Å². The van der Waals surface area contributed by atoms with E-state index >= 15 is 0 Å². The molecule has 4 nitrogen and oxygen atoms in total. The summed E-state index contributed by atoms with van der Waals surface area (Å²) in [5, 5.41) is 0. The number of hydrogen-bond acceptors (Lipinski definition) is 4. The molecule has 0 saturated carbocycles. The molecule has 0 atom stereocenters. The summed E-state index contributed by atoms with van der Waals surface area (Å²) in [7, 11) is 0. The molecule has 3 heterocycles. The zero-order valence-electron chi connectivity index (χ0n) is 15.0. The van der Waals surface area contributed by atoms with Crippen LogP contribution in [0, 0.1) is 0 Å². The summed E-state index contributed by atoms with van der Waals surface area (Å²) in [6.07, 6.45) is 9.03. The highest BCUT2D eigenvalue weighted by atomic mass is 15.3. The van der Waals surface area contributed by atoms with Crippen molar-refractivity contribution in [3.63, 3.8) is 0 Å². The Labute approximate surface area is 150 Å². The molecule has 2 aliphatic rings. The Morgan fingerprint density at radius 3 is 1.92 bits per heavy atom. The molecular weight excluding hydrogens is 308 g/mol. The first-order chi connectivity index (χ1) is 12.4. The summed E-state index contributed by atoms with van der Waals surface area (Å²) >= 11 is 0. The molecule has 1 aromatic carbocycles. The third kappa shape index (κ3) is 3.94. The lowest BCUT2D eigenvalue weighted by molar-refractivity contribution is 0.572. The van der Waals surface area contributed by atoms with Crippen molar-refractivity contribution in [3.8, 4) is 11.3 Å². The first-order valence-corrected chi connectivity index (χ1v) is 9.84. The standard InChI is InChI=1S/C21H28N4/c1-2-8-16-25(15-7-1)21-22-19(18-11-5-3-6-12-18)17-20(23-21)24-13-9-4-10-14-24/h3,5-6,11-12,17H,1-2,4,7-10,13-16H2. The van der Waals surface area contributed by atoms with Gasteiger partial charge in [-0.05, 0) is 32.1 Å². The van der Waals surface area contributed by atoms with Crippen LogP contribution in [0.2, 0.25) is 0 Å². The number of hydrogen-bond donors (Lipinski definition) is 0. The Balaban J connectivity index is 1.71. The second-order valence-corrected chi connectivity index (χ2v) is 7.23. The van der Waals surface area contributed by atoms with Crippen LogP contribution in [0.3, 0.4) is 0 Å². The number of nitrogens with zero attached hydrogens (tertiary/aromatic N) is 4. The van der Waals surface area contributed by atoms with Crippen molar-refractivity contribution in [2.24, 2.45) is 0 Å². The minimum absolute atomic E-state index is 0.920. The first kappa shape index (κ1) is 16.4. The van der Waals surface area contributed by atoms with Gasteiger partial charge in [-0.25, -0.2) is 4.98 Å². The Morgan fingerprint density at radius 2 is 1.24 bits per heavy atom. The van der Waals surface area contributed by atoms with E-state index in [9.17, 15) is 0 Å². The van der Waals surface area contributed by atoms with Gasteiger partial charge in [-0.3, -0.25) is 0 Å². The molecular formula is C21H28N4. The fraction of sp³-hybridized carbons (Fsp3) is 0.524. The van der Waals surface area contributed by atoms with E-state index in [0.717, 1.165) is 43.6 Å². The van der Waals surface area contributed by atoms with Gasteiger partial charge >= 0.3 is 0 Å². The molecule has 0 radical (unpaired) electrons. The van der Waals surface area contributed by atoms with Crippen LogP contribution >= 0.6 is 0 Å². The molecule has 2 aliphatic heterocycles. The number of piperidine rings is 1. The highest BCUT2D eigenvalue weighted by Crippen LogP contribution is 2.27. The molecule has 25 heavy (non-hydrogen) atoms. The van der Waals surface area contributed by atoms with E-state index in [1.165, 1.54) is 50.5 Å². The monoisotopic (exact) mass is 336 g/mol. The second-order valence-electron chi connectivity index (χ2n) is 7.23. The second kappa shape index (κ2) is 7.85. The maximum absolute atomic E-state index is 4.99. The van der Waals surface area contributed by atoms with Crippen LogP contribution in [-0.2, 0) is 0 Å². The summed E-state index contributed by atoms with van der Waals surface area (Å²) in [6.45, 7) is 4.39. The van der Waals surface area contributed by atoms with Crippen molar-refractivity contribution in [1.29, 1.82) is 0 Å². The summed E-state index contributed by atoms with van der Waals surface area (Å²) in [5.74, 6) is 2.02. The van der Waals surface area contributed by atoms with Crippen molar-refractivity contribution in [2.75, 3.05) is 36.0 Å². The quantitative estimate of drug-likeness (QED) is 0.825. The van der Waals surface area contributed by atoms with E-state index in [0.29, 0.717) is 0 Å². The van der Waals surface area contributed by atoms with Gasteiger partial charge in [0.25, 0.3) is 0 Å². The van der Waals surface area contributed by atoms with Gasteiger partial charge in [0, 0.05) is 37.8 Å². The van der Waals surface area contributed by atoms with E-state index < -0.39 is 0 Å². The lowest BCUT2D eigenvalue weighted by atomic mass is 10.1. The topological polar surface area (TPSA) is 32.3 Å². The Bertz CT molecular complexity index is 672. The van der Waals surface area contributed by atoms with Gasteiger partial charge in [0.05, 0.1) is 5.69 Å². The molecule has 4 rings (SSSR count). The van der Waals surface area contributed by atoms with Gasteiger partial charge in [0.1, 0.15) is 5.82 Å². The van der Waals surface area contributed by atoms with Crippen molar-refractivity contribution in [1.82, 2.24) is 9.97 Å². The van der Waals surface area contributed by atoms with Gasteiger partial charge in [0.15, 0.2) is 0 Å². The van der Waals surface area contributed by atoms with Gasteiger partial charge < -0.3 is 9.80 Å². The molecule has 0 N–H and O–H groups in total. The Hall–Kier alpha value is -2.10. The van der Waals surface area contributed by atoms with Crippen LogP contribution < -0.4 is 9.80 Å². The number of aromatic nitrogens is 2. The Morgan fingerprint density at radius 1 is 0.640 bits per heavy atom. The van der Waals surface area contributed by atoms with Crippen molar-refractivity contribution >= 4 is 11.8 Å². The minimum Gasteiger partial charge on any atom is -0.356 e. The maximum Gasteiger partial charge on any atom is 0.227 e. The smallest absolute Gasteiger partial charge is 0.227 e. The zero-order chi connectivity index (χ0) is 16.9. The summed E-state index contributed by atoms with van der Waals surface area (Å²) in [6, 6.07) is 12.7. The summed E-state index contributed by atoms with van der Waals surface area (Å²) in [4.78, 5) is 14.8. The van der Waals surface area contributed by atoms with Gasteiger partial charge in [-0.1, -0.05) is 43.2 Å². The summed E-state index contributed by atoms with van der Waals surface area (Å²) < 4.78 is 0. The molecule has 2 saturated heterocycles. The molecule has 0 amide bonds. The predicted octanol–water partition coefficient (Wildman–Crippen LogP) is 4.51. The van der Waals surface area contributed by atoms with Crippen LogP contribution in [-0.4, -0.2) is 36.1 Å². The SMILES string of the molecule is c1ccc(-c2cc(N3CCCCC3)nc(N3CCCCCC3)n2)cc1. The van der Waals surface area contributed by atoms with Crippen molar-refractivity contribution < 1.29 is 0 Å². The van der Waals surface area contributed by atoms with Gasteiger partial charge in [-0.2, -0.15) is 4.98 Å². The molecule has 0 aliphatic carbocycles. The van der Waals surface area contributed by atoms with Gasteiger partial charge in [-0.15, -0.1) is 0 Å². The highest BCUT2D eigenvalue weighted by molar-refractivity contribution is 5.65. The number of rotatable bonds is 3. The molecule has 2 aromatic rings. The molecule has 0 spiro atoms. The summed E-state index contributed by atoms with van der Waals surface area (Å²) in [5.41, 5.74) is 2.23. The first-order valence-electron chi connectivity index (χ1n) is 9.84. The Kier molecular flexibility index (Phi) is 5.14. The van der Waals surface area contributed by atoms with Crippen LogP contribution in [0.1, 0.15) is 44.9 Å². The van der Waals surface area contributed by atoms with Crippen LogP contribution in [0.5, 0.6) is 0 Å². The fourth-order valence-corrected chi connectivity index (χ4v) is 3.88. The van der Waals surface area contributed by atoms with Crippen molar-refractivity contribution in [3.05, 3.63) is 36.4 Å². The minimum atomic E-state index is 0.920. The predicted molar refractivity (Wildman–Crippen MR) is 104 cm³/mol. The maximum atomic E-state index is 4.99. The lowest BCUT2D eigenvalue weighted by Gasteiger charge is -2.29. The van der Waals surface area contributed by atoms with Crippen molar-refractivity contribution in [2.45, 2.75) is 44.9 Å².